The third kappa shape index (κ3) is 3.63. The Morgan fingerprint density at radius 1 is 0.895 bits per heavy atom. The Kier molecular flexibility index (Phi) is 4.64. The lowest BCUT2D eigenvalue weighted by molar-refractivity contribution is 0.293. The van der Waals surface area contributed by atoms with Crippen LogP contribution in [-0.2, 0) is 0 Å². The number of anilines is 1. The lowest BCUT2D eigenvalue weighted by atomic mass is 10.2. The Morgan fingerprint density at radius 2 is 1.47 bits per heavy atom. The molecule has 0 saturated heterocycles. The van der Waals surface area contributed by atoms with Crippen molar-refractivity contribution in [2.24, 2.45) is 10.2 Å². The normalized spacial score (nSPS) is 10.8. The monoisotopic (exact) mass is 255 g/mol. The predicted octanol–water partition coefficient (Wildman–Crippen LogP) is 3.88. The van der Waals surface area contributed by atoms with Crippen molar-refractivity contribution in [2.45, 2.75) is 6.92 Å². The Morgan fingerprint density at radius 3 is 2.00 bits per heavy atom. The molecule has 0 spiro atoms. The minimum atomic E-state index is 0.0153. The van der Waals surface area contributed by atoms with Gasteiger partial charge in [-0.05, 0) is 43.3 Å². The fourth-order valence-electron chi connectivity index (χ4n) is 1.70. The highest BCUT2D eigenvalue weighted by Gasteiger charge is 2.01. The Balaban J connectivity index is 2.09. The van der Waals surface area contributed by atoms with Crippen LogP contribution in [0.15, 0.2) is 64.8 Å². The molecule has 0 aliphatic carbocycles. The fraction of sp³-hybridized carbons (Fsp3) is 0.200. The average molecular weight is 255 g/mol. The zero-order chi connectivity index (χ0) is 13.5. The molecule has 0 aliphatic rings. The van der Waals surface area contributed by atoms with Crippen LogP contribution in [0.25, 0.3) is 0 Å². The number of hydrogen-bond acceptors (Lipinski definition) is 4. The number of azo groups is 1. The molecule has 19 heavy (non-hydrogen) atoms. The van der Waals surface area contributed by atoms with E-state index in [0.29, 0.717) is 0 Å². The summed E-state index contributed by atoms with van der Waals surface area (Å²) >= 11 is 0. The van der Waals surface area contributed by atoms with Gasteiger partial charge in [0.1, 0.15) is 6.73 Å². The third-order valence-corrected chi connectivity index (χ3v) is 2.80. The molecule has 4 nitrogen and oxygen atoms in total. The Labute approximate surface area is 113 Å². The van der Waals surface area contributed by atoms with E-state index in [1.54, 1.807) is 0 Å². The summed E-state index contributed by atoms with van der Waals surface area (Å²) in [6.07, 6.45) is 0. The van der Waals surface area contributed by atoms with Crippen molar-refractivity contribution >= 4 is 17.1 Å². The van der Waals surface area contributed by atoms with Crippen LogP contribution in [0.1, 0.15) is 6.92 Å². The zero-order valence-corrected chi connectivity index (χ0v) is 10.9. The molecule has 0 unspecified atom stereocenters. The van der Waals surface area contributed by atoms with Crippen molar-refractivity contribution in [2.75, 3.05) is 18.2 Å². The maximum absolute atomic E-state index is 9.18. The second kappa shape index (κ2) is 6.66. The maximum Gasteiger partial charge on any atom is 0.115 e. The van der Waals surface area contributed by atoms with E-state index in [9.17, 15) is 5.11 Å². The van der Waals surface area contributed by atoms with Crippen LogP contribution in [0.5, 0.6) is 0 Å². The summed E-state index contributed by atoms with van der Waals surface area (Å²) in [6.45, 7) is 2.78. The smallest absolute Gasteiger partial charge is 0.115 e. The summed E-state index contributed by atoms with van der Waals surface area (Å²) in [5, 5.41) is 17.5. The molecule has 0 aromatic heterocycles. The van der Waals surface area contributed by atoms with Crippen molar-refractivity contribution < 1.29 is 5.11 Å². The van der Waals surface area contributed by atoms with E-state index in [0.717, 1.165) is 23.6 Å². The fourth-order valence-corrected chi connectivity index (χ4v) is 1.70. The summed E-state index contributed by atoms with van der Waals surface area (Å²) < 4.78 is 0. The first-order valence-corrected chi connectivity index (χ1v) is 6.26. The lowest BCUT2D eigenvalue weighted by Gasteiger charge is -2.19. The van der Waals surface area contributed by atoms with Gasteiger partial charge in [-0.1, -0.05) is 18.2 Å². The molecule has 0 radical (unpaired) electrons. The summed E-state index contributed by atoms with van der Waals surface area (Å²) in [4.78, 5) is 1.86. The van der Waals surface area contributed by atoms with Gasteiger partial charge in [-0.15, -0.1) is 0 Å². The van der Waals surface area contributed by atoms with Gasteiger partial charge >= 0.3 is 0 Å². The first-order valence-electron chi connectivity index (χ1n) is 6.26. The van der Waals surface area contributed by atoms with Crippen LogP contribution in [0.3, 0.4) is 0 Å². The van der Waals surface area contributed by atoms with Gasteiger partial charge in [0.2, 0.25) is 0 Å². The minimum Gasteiger partial charge on any atom is -0.376 e. The van der Waals surface area contributed by atoms with E-state index in [2.05, 4.69) is 10.2 Å². The standard InChI is InChI=1S/C15H17N3O/c1-2-18(12-19)15-10-8-14(9-11-15)17-16-13-6-4-3-5-7-13/h3-11,19H,2,12H2,1H3. The van der Waals surface area contributed by atoms with Gasteiger partial charge in [0.15, 0.2) is 0 Å². The molecule has 98 valence electrons. The molecule has 0 atom stereocenters. The van der Waals surface area contributed by atoms with Gasteiger partial charge in [-0.3, -0.25) is 0 Å². The zero-order valence-electron chi connectivity index (χ0n) is 10.9. The van der Waals surface area contributed by atoms with Gasteiger partial charge in [0, 0.05) is 12.2 Å². The number of nitrogens with zero attached hydrogens (tertiary/aromatic N) is 3. The molecule has 0 aliphatic heterocycles. The van der Waals surface area contributed by atoms with Gasteiger partial charge < -0.3 is 10.0 Å². The molecular weight excluding hydrogens is 238 g/mol. The van der Waals surface area contributed by atoms with E-state index in [1.807, 2.05) is 66.4 Å². The molecule has 0 amide bonds. The lowest BCUT2D eigenvalue weighted by Crippen LogP contribution is -2.23. The molecular formula is C15H17N3O. The van der Waals surface area contributed by atoms with Gasteiger partial charge in [0.25, 0.3) is 0 Å². The van der Waals surface area contributed by atoms with Crippen molar-refractivity contribution in [1.29, 1.82) is 0 Å². The van der Waals surface area contributed by atoms with E-state index < -0.39 is 0 Å². The number of aliphatic hydroxyl groups excluding tert-OH is 1. The van der Waals surface area contributed by atoms with E-state index in [-0.39, 0.29) is 6.73 Å². The van der Waals surface area contributed by atoms with Crippen molar-refractivity contribution in [3.8, 4) is 0 Å². The summed E-state index contributed by atoms with van der Waals surface area (Å²) in [5.74, 6) is 0. The molecule has 0 saturated carbocycles. The number of benzene rings is 2. The Bertz CT molecular complexity index is 519. The first kappa shape index (κ1) is 13.2. The highest BCUT2D eigenvalue weighted by molar-refractivity contribution is 5.52. The molecule has 0 heterocycles. The second-order valence-corrected chi connectivity index (χ2v) is 4.05. The minimum absolute atomic E-state index is 0.0153. The van der Waals surface area contributed by atoms with Crippen LogP contribution in [0.4, 0.5) is 17.1 Å². The van der Waals surface area contributed by atoms with Crippen molar-refractivity contribution in [1.82, 2.24) is 0 Å². The molecule has 0 bridgehead atoms. The average Bonchev–Trinajstić information content (AvgIpc) is 2.49. The number of rotatable bonds is 5. The van der Waals surface area contributed by atoms with E-state index in [4.69, 9.17) is 0 Å². The summed E-state index contributed by atoms with van der Waals surface area (Å²) in [5.41, 5.74) is 2.60. The molecule has 1 N–H and O–H groups in total. The number of hydrogen-bond donors (Lipinski definition) is 1. The van der Waals surface area contributed by atoms with E-state index in [1.165, 1.54) is 0 Å². The largest absolute Gasteiger partial charge is 0.376 e. The van der Waals surface area contributed by atoms with Crippen LogP contribution in [0, 0.1) is 0 Å². The van der Waals surface area contributed by atoms with Gasteiger partial charge in [-0.25, -0.2) is 0 Å². The molecule has 2 rings (SSSR count). The van der Waals surface area contributed by atoms with Crippen molar-refractivity contribution in [3.63, 3.8) is 0 Å². The van der Waals surface area contributed by atoms with E-state index >= 15 is 0 Å². The quantitative estimate of drug-likeness (QED) is 0.651. The molecule has 0 fully saturated rings. The Hall–Kier alpha value is -2.20. The molecule has 2 aromatic carbocycles. The maximum atomic E-state index is 9.18. The van der Waals surface area contributed by atoms with Crippen molar-refractivity contribution in [3.05, 3.63) is 54.6 Å². The first-order chi connectivity index (χ1) is 9.33. The van der Waals surface area contributed by atoms with Crippen LogP contribution in [-0.4, -0.2) is 18.4 Å². The highest BCUT2D eigenvalue weighted by Crippen LogP contribution is 2.21. The summed E-state index contributed by atoms with van der Waals surface area (Å²) in [7, 11) is 0. The van der Waals surface area contributed by atoms with Gasteiger partial charge in [0.05, 0.1) is 11.4 Å². The van der Waals surface area contributed by atoms with Crippen LogP contribution < -0.4 is 4.90 Å². The van der Waals surface area contributed by atoms with Crippen LogP contribution in [0.2, 0.25) is 0 Å². The van der Waals surface area contributed by atoms with Crippen LogP contribution >= 0.6 is 0 Å². The molecule has 4 heteroatoms. The SMILES string of the molecule is CCN(CO)c1ccc(N=Nc2ccccc2)cc1. The number of aliphatic hydroxyl groups is 1. The third-order valence-electron chi connectivity index (χ3n) is 2.80. The summed E-state index contributed by atoms with van der Waals surface area (Å²) in [6, 6.07) is 17.3. The highest BCUT2D eigenvalue weighted by atomic mass is 16.3. The topological polar surface area (TPSA) is 48.2 Å². The van der Waals surface area contributed by atoms with Gasteiger partial charge in [-0.2, -0.15) is 10.2 Å². The second-order valence-electron chi connectivity index (χ2n) is 4.05. The predicted molar refractivity (Wildman–Crippen MR) is 77.2 cm³/mol. The molecule has 2 aromatic rings.